The van der Waals surface area contributed by atoms with Gasteiger partial charge in [0.05, 0.1) is 5.52 Å². The summed E-state index contributed by atoms with van der Waals surface area (Å²) in [6.45, 7) is 0. The minimum Gasteiger partial charge on any atom is -0.387 e. The first kappa shape index (κ1) is 18.4. The number of amidine groups is 1. The third kappa shape index (κ3) is 3.76. The summed E-state index contributed by atoms with van der Waals surface area (Å²) in [5.41, 5.74) is 5.05. The highest BCUT2D eigenvalue weighted by Crippen LogP contribution is 2.36. The van der Waals surface area contributed by atoms with Gasteiger partial charge in [0.25, 0.3) is 0 Å². The number of hydrogen-bond acceptors (Lipinski definition) is 4. The lowest BCUT2D eigenvalue weighted by molar-refractivity contribution is 0.0332. The second-order valence-electron chi connectivity index (χ2n) is 5.62. The average Bonchev–Trinajstić information content (AvgIpc) is 2.61. The van der Waals surface area contributed by atoms with Crippen molar-refractivity contribution in [1.82, 2.24) is 9.97 Å². The van der Waals surface area contributed by atoms with Gasteiger partial charge in [0.1, 0.15) is 17.5 Å². The van der Waals surface area contributed by atoms with E-state index < -0.39 is 28.9 Å². The zero-order valence-corrected chi connectivity index (χ0v) is 13.8. The summed E-state index contributed by atoms with van der Waals surface area (Å²) in [4.78, 5) is 11.5. The SMILES string of the molecule is N=CCC(N)=Nc1nc(C(F)(F)c2ccc(F)cc2)nc2cc(F)ccc12. The highest BCUT2D eigenvalue weighted by molar-refractivity contribution is 5.96. The molecule has 1 aromatic heterocycles. The first-order valence-corrected chi connectivity index (χ1v) is 7.75. The first-order valence-electron chi connectivity index (χ1n) is 7.75. The molecule has 27 heavy (non-hydrogen) atoms. The molecule has 0 aliphatic heterocycles. The molecule has 3 aromatic rings. The molecule has 0 unspecified atom stereocenters. The predicted molar refractivity (Wildman–Crippen MR) is 93.6 cm³/mol. The Hall–Kier alpha value is -3.36. The number of aromatic nitrogens is 2. The van der Waals surface area contributed by atoms with Crippen LogP contribution in [0.2, 0.25) is 0 Å². The standard InChI is InChI=1S/C18H13F4N5/c19-11-3-1-10(2-4-11)18(21,22)17-25-14-9-12(20)5-6-13(14)16(27-17)26-15(24)7-8-23/h1-6,8-9,23H,7H2,(H2,24,25,26,27). The van der Waals surface area contributed by atoms with E-state index in [1.807, 2.05) is 0 Å². The lowest BCUT2D eigenvalue weighted by atomic mass is 10.1. The largest absolute Gasteiger partial charge is 0.387 e. The number of rotatable bonds is 5. The second kappa shape index (κ2) is 7.10. The molecule has 5 nitrogen and oxygen atoms in total. The van der Waals surface area contributed by atoms with Gasteiger partial charge in [0.15, 0.2) is 5.82 Å². The van der Waals surface area contributed by atoms with Crippen LogP contribution in [-0.2, 0) is 5.92 Å². The molecule has 0 spiro atoms. The van der Waals surface area contributed by atoms with Gasteiger partial charge in [-0.05, 0) is 36.4 Å². The molecule has 0 radical (unpaired) electrons. The van der Waals surface area contributed by atoms with Crippen LogP contribution in [0.25, 0.3) is 10.9 Å². The van der Waals surface area contributed by atoms with Crippen molar-refractivity contribution in [3.8, 4) is 0 Å². The Balaban J connectivity index is 2.22. The molecule has 138 valence electrons. The maximum atomic E-state index is 14.9. The van der Waals surface area contributed by atoms with Crippen LogP contribution in [0.15, 0.2) is 47.5 Å². The quantitative estimate of drug-likeness (QED) is 0.400. The van der Waals surface area contributed by atoms with Gasteiger partial charge in [-0.1, -0.05) is 0 Å². The Morgan fingerprint density at radius 2 is 1.74 bits per heavy atom. The summed E-state index contributed by atoms with van der Waals surface area (Å²) in [6.07, 6.45) is 0.992. The van der Waals surface area contributed by atoms with Crippen LogP contribution in [0.5, 0.6) is 0 Å². The minimum atomic E-state index is -3.67. The van der Waals surface area contributed by atoms with Crippen molar-refractivity contribution >= 4 is 28.8 Å². The van der Waals surface area contributed by atoms with Crippen LogP contribution in [0.4, 0.5) is 23.4 Å². The van der Waals surface area contributed by atoms with Gasteiger partial charge in [-0.3, -0.25) is 0 Å². The number of fused-ring (bicyclic) bond motifs is 1. The Morgan fingerprint density at radius 1 is 1.07 bits per heavy atom. The molecule has 0 fully saturated rings. The summed E-state index contributed by atoms with van der Waals surface area (Å²) in [5.74, 6) is -6.12. The number of nitrogens with one attached hydrogen (secondary N) is 1. The normalized spacial score (nSPS) is 12.4. The van der Waals surface area contributed by atoms with Gasteiger partial charge in [-0.25, -0.2) is 23.7 Å². The van der Waals surface area contributed by atoms with Gasteiger partial charge in [-0.2, -0.15) is 8.78 Å². The van der Waals surface area contributed by atoms with Crippen LogP contribution >= 0.6 is 0 Å². The van der Waals surface area contributed by atoms with E-state index in [1.54, 1.807) is 0 Å². The fraction of sp³-hybridized carbons (Fsp3) is 0.111. The first-order chi connectivity index (χ1) is 12.8. The summed E-state index contributed by atoms with van der Waals surface area (Å²) in [6, 6.07) is 7.03. The number of aliphatic imine (C=N–C) groups is 1. The van der Waals surface area contributed by atoms with Crippen LogP contribution in [0.1, 0.15) is 17.8 Å². The van der Waals surface area contributed by atoms with Crippen molar-refractivity contribution in [3.05, 3.63) is 65.5 Å². The number of hydrogen-bond donors (Lipinski definition) is 2. The van der Waals surface area contributed by atoms with Crippen LogP contribution in [0.3, 0.4) is 0 Å². The average molecular weight is 375 g/mol. The highest BCUT2D eigenvalue weighted by Gasteiger charge is 2.38. The number of nitrogens with zero attached hydrogens (tertiary/aromatic N) is 3. The fourth-order valence-electron chi connectivity index (χ4n) is 2.39. The molecule has 0 saturated heterocycles. The van der Waals surface area contributed by atoms with Crippen molar-refractivity contribution in [2.45, 2.75) is 12.3 Å². The molecule has 0 amide bonds. The van der Waals surface area contributed by atoms with Gasteiger partial charge in [0.2, 0.25) is 5.82 Å². The molecule has 0 saturated carbocycles. The van der Waals surface area contributed by atoms with E-state index in [2.05, 4.69) is 15.0 Å². The second-order valence-corrected chi connectivity index (χ2v) is 5.62. The molecular formula is C18H13F4N5. The van der Waals surface area contributed by atoms with E-state index >= 15 is 0 Å². The highest BCUT2D eigenvalue weighted by atomic mass is 19.3. The monoisotopic (exact) mass is 375 g/mol. The van der Waals surface area contributed by atoms with Crippen molar-refractivity contribution in [3.63, 3.8) is 0 Å². The molecule has 3 N–H and O–H groups in total. The van der Waals surface area contributed by atoms with Crippen LogP contribution < -0.4 is 5.73 Å². The van der Waals surface area contributed by atoms with Crippen molar-refractivity contribution in [2.75, 3.05) is 0 Å². The molecule has 2 aromatic carbocycles. The fourth-order valence-corrected chi connectivity index (χ4v) is 2.39. The van der Waals surface area contributed by atoms with Gasteiger partial charge < -0.3 is 11.1 Å². The number of benzene rings is 2. The van der Waals surface area contributed by atoms with E-state index in [4.69, 9.17) is 11.1 Å². The molecule has 0 aliphatic carbocycles. The van der Waals surface area contributed by atoms with Crippen LogP contribution in [0, 0.1) is 17.0 Å². The van der Waals surface area contributed by atoms with E-state index in [-0.39, 0.29) is 29.0 Å². The number of halogens is 4. The topological polar surface area (TPSA) is 88.0 Å². The Bertz CT molecular complexity index is 1030. The summed E-state index contributed by atoms with van der Waals surface area (Å²) >= 11 is 0. The van der Waals surface area contributed by atoms with E-state index in [0.29, 0.717) is 0 Å². The summed E-state index contributed by atoms with van der Waals surface area (Å²) in [5, 5.41) is 7.27. The number of alkyl halides is 2. The lowest BCUT2D eigenvalue weighted by Crippen LogP contribution is -2.19. The van der Waals surface area contributed by atoms with Crippen molar-refractivity contribution < 1.29 is 17.6 Å². The third-order valence-corrected chi connectivity index (χ3v) is 3.69. The van der Waals surface area contributed by atoms with E-state index in [0.717, 1.165) is 42.6 Å². The molecule has 0 atom stereocenters. The Morgan fingerprint density at radius 3 is 2.41 bits per heavy atom. The lowest BCUT2D eigenvalue weighted by Gasteiger charge is -2.16. The Labute approximate surface area is 151 Å². The van der Waals surface area contributed by atoms with Gasteiger partial charge >= 0.3 is 5.92 Å². The zero-order chi connectivity index (χ0) is 19.6. The molecule has 3 rings (SSSR count). The summed E-state index contributed by atoms with van der Waals surface area (Å²) < 4.78 is 56.3. The summed E-state index contributed by atoms with van der Waals surface area (Å²) in [7, 11) is 0. The molecule has 0 aliphatic rings. The van der Waals surface area contributed by atoms with E-state index in [9.17, 15) is 17.6 Å². The molecule has 1 heterocycles. The zero-order valence-electron chi connectivity index (χ0n) is 13.8. The molecule has 9 heteroatoms. The molecule has 0 bridgehead atoms. The molecular weight excluding hydrogens is 362 g/mol. The van der Waals surface area contributed by atoms with Gasteiger partial charge in [0, 0.05) is 29.7 Å². The van der Waals surface area contributed by atoms with Crippen molar-refractivity contribution in [2.24, 2.45) is 10.7 Å². The Kier molecular flexibility index (Phi) is 4.85. The van der Waals surface area contributed by atoms with Crippen LogP contribution in [-0.4, -0.2) is 22.0 Å². The van der Waals surface area contributed by atoms with E-state index in [1.165, 1.54) is 6.07 Å². The van der Waals surface area contributed by atoms with Gasteiger partial charge in [-0.15, -0.1) is 0 Å². The maximum absolute atomic E-state index is 14.9. The minimum absolute atomic E-state index is 0.00359. The van der Waals surface area contributed by atoms with Crippen molar-refractivity contribution in [1.29, 1.82) is 5.41 Å². The third-order valence-electron chi connectivity index (χ3n) is 3.69. The maximum Gasteiger partial charge on any atom is 0.331 e. The number of nitrogens with two attached hydrogens (primary N) is 1. The smallest absolute Gasteiger partial charge is 0.331 e. The predicted octanol–water partition coefficient (Wildman–Crippen LogP) is 4.08.